The van der Waals surface area contributed by atoms with Crippen LogP contribution in [0.5, 0.6) is 0 Å². The van der Waals surface area contributed by atoms with E-state index in [0.29, 0.717) is 0 Å². The molecule has 0 amide bonds. The van der Waals surface area contributed by atoms with E-state index in [1.807, 2.05) is 0 Å². The summed E-state index contributed by atoms with van der Waals surface area (Å²) in [6.45, 7) is 7.29. The van der Waals surface area contributed by atoms with Crippen LogP contribution in [0.25, 0.3) is 0 Å². The van der Waals surface area contributed by atoms with Crippen molar-refractivity contribution >= 4 is 23.5 Å². The van der Waals surface area contributed by atoms with Crippen LogP contribution in [0.4, 0.5) is 0 Å². The molecule has 0 aliphatic heterocycles. The van der Waals surface area contributed by atoms with E-state index in [2.05, 4.69) is 56.8 Å². The maximum Gasteiger partial charge on any atom is 0.00831 e. The molecule has 13 heavy (non-hydrogen) atoms. The Balaban J connectivity index is 2.66. The van der Waals surface area contributed by atoms with Gasteiger partial charge in [0.2, 0.25) is 0 Å². The molecule has 0 N–H and O–H groups in total. The molecule has 0 saturated heterocycles. The molecule has 1 fully saturated rings. The lowest BCUT2D eigenvalue weighted by atomic mass is 9.74. The van der Waals surface area contributed by atoms with Crippen molar-refractivity contribution in [2.24, 2.45) is 17.8 Å². The lowest BCUT2D eigenvalue weighted by Gasteiger charge is -2.42. The third-order valence-corrected chi connectivity index (χ3v) is 6.36. The van der Waals surface area contributed by atoms with E-state index < -0.39 is 0 Å². The quantitative estimate of drug-likeness (QED) is 0.692. The summed E-state index contributed by atoms with van der Waals surface area (Å²) in [6.07, 6.45) is 5.94. The van der Waals surface area contributed by atoms with Gasteiger partial charge in [0, 0.05) is 10.5 Å². The summed E-state index contributed by atoms with van der Waals surface area (Å²) in [5, 5.41) is 1.78. The molecule has 78 valence electrons. The fraction of sp³-hybridized carbons (Fsp3) is 1.00. The minimum absolute atomic E-state index is 0.892. The van der Waals surface area contributed by atoms with Gasteiger partial charge in [0.1, 0.15) is 0 Å². The van der Waals surface area contributed by atoms with Gasteiger partial charge >= 0.3 is 0 Å². The Labute approximate surface area is 91.6 Å². The van der Waals surface area contributed by atoms with Crippen LogP contribution >= 0.6 is 23.5 Å². The molecule has 1 aliphatic rings. The predicted octanol–water partition coefficient (Wildman–Crippen LogP) is 3.76. The summed E-state index contributed by atoms with van der Waals surface area (Å²) in [5.41, 5.74) is 0. The fourth-order valence-corrected chi connectivity index (χ4v) is 4.71. The summed E-state index contributed by atoms with van der Waals surface area (Å²) < 4.78 is 0. The van der Waals surface area contributed by atoms with Crippen molar-refractivity contribution in [3.05, 3.63) is 0 Å². The summed E-state index contributed by atoms with van der Waals surface area (Å²) in [5.74, 6) is 2.69. The Morgan fingerprint density at radius 3 is 1.46 bits per heavy atom. The second-order valence-electron chi connectivity index (χ2n) is 4.36. The van der Waals surface area contributed by atoms with Gasteiger partial charge in [-0.3, -0.25) is 0 Å². The second-order valence-corrected chi connectivity index (χ2v) is 6.52. The third kappa shape index (κ3) is 2.38. The van der Waals surface area contributed by atoms with Crippen LogP contribution in [-0.4, -0.2) is 23.0 Å². The molecule has 2 heteroatoms. The molecule has 0 spiro atoms. The molecule has 0 aromatic heterocycles. The zero-order chi connectivity index (χ0) is 10.0. The van der Waals surface area contributed by atoms with E-state index in [0.717, 1.165) is 28.3 Å². The second kappa shape index (κ2) is 4.97. The molecule has 0 radical (unpaired) electrons. The Kier molecular flexibility index (Phi) is 4.50. The molecule has 1 aliphatic carbocycles. The molecule has 0 aromatic rings. The summed E-state index contributed by atoms with van der Waals surface area (Å²) in [7, 11) is 0. The van der Waals surface area contributed by atoms with Gasteiger partial charge in [-0.1, -0.05) is 20.8 Å². The van der Waals surface area contributed by atoms with Gasteiger partial charge in [0.05, 0.1) is 0 Å². The highest BCUT2D eigenvalue weighted by molar-refractivity contribution is 8.00. The number of thioether (sulfide) groups is 2. The van der Waals surface area contributed by atoms with Crippen LogP contribution in [0.15, 0.2) is 0 Å². The smallest absolute Gasteiger partial charge is 0.00831 e. The highest BCUT2D eigenvalue weighted by Crippen LogP contribution is 2.43. The van der Waals surface area contributed by atoms with Crippen LogP contribution in [0, 0.1) is 17.8 Å². The zero-order valence-corrected chi connectivity index (χ0v) is 11.0. The molecule has 0 heterocycles. The maximum atomic E-state index is 2.43. The zero-order valence-electron chi connectivity index (χ0n) is 9.41. The first-order valence-electron chi connectivity index (χ1n) is 5.17. The van der Waals surface area contributed by atoms with Crippen LogP contribution in [0.1, 0.15) is 27.2 Å². The molecule has 1 rings (SSSR count). The van der Waals surface area contributed by atoms with Gasteiger partial charge in [-0.05, 0) is 36.7 Å². The first kappa shape index (κ1) is 11.8. The van der Waals surface area contributed by atoms with Crippen molar-refractivity contribution in [3.8, 4) is 0 Å². The average Bonchev–Trinajstić information content (AvgIpc) is 2.15. The monoisotopic (exact) mass is 218 g/mol. The van der Waals surface area contributed by atoms with Crippen LogP contribution in [0.2, 0.25) is 0 Å². The standard InChI is InChI=1S/C11H22S2/c1-7-8(2)10(12-4)6-11(13-5)9(7)3/h7-11H,6H2,1-5H3. The van der Waals surface area contributed by atoms with Gasteiger partial charge in [-0.2, -0.15) is 23.5 Å². The first-order chi connectivity index (χ1) is 6.11. The van der Waals surface area contributed by atoms with Crippen LogP contribution in [0.3, 0.4) is 0 Å². The molecule has 0 bridgehead atoms. The molecule has 4 atom stereocenters. The number of hydrogen-bond acceptors (Lipinski definition) is 2. The van der Waals surface area contributed by atoms with Gasteiger partial charge in [0.25, 0.3) is 0 Å². The lowest BCUT2D eigenvalue weighted by Crippen LogP contribution is -2.39. The Hall–Kier alpha value is 0.700. The Morgan fingerprint density at radius 2 is 1.15 bits per heavy atom. The molecular formula is C11H22S2. The Morgan fingerprint density at radius 1 is 0.769 bits per heavy atom. The lowest BCUT2D eigenvalue weighted by molar-refractivity contribution is 0.213. The fourth-order valence-electron chi connectivity index (χ4n) is 2.44. The predicted molar refractivity (Wildman–Crippen MR) is 66.7 cm³/mol. The maximum absolute atomic E-state index is 2.43. The van der Waals surface area contributed by atoms with Gasteiger partial charge in [-0.25, -0.2) is 0 Å². The molecule has 0 nitrogen and oxygen atoms in total. The van der Waals surface area contributed by atoms with E-state index in [1.165, 1.54) is 6.42 Å². The van der Waals surface area contributed by atoms with Crippen molar-refractivity contribution in [1.29, 1.82) is 0 Å². The average molecular weight is 218 g/mol. The van der Waals surface area contributed by atoms with Crippen molar-refractivity contribution in [2.75, 3.05) is 12.5 Å². The first-order valence-corrected chi connectivity index (χ1v) is 7.75. The van der Waals surface area contributed by atoms with E-state index >= 15 is 0 Å². The van der Waals surface area contributed by atoms with Crippen LogP contribution in [-0.2, 0) is 0 Å². The van der Waals surface area contributed by atoms with E-state index in [1.54, 1.807) is 0 Å². The van der Waals surface area contributed by atoms with Crippen molar-refractivity contribution < 1.29 is 0 Å². The van der Waals surface area contributed by atoms with E-state index in [4.69, 9.17) is 0 Å². The topological polar surface area (TPSA) is 0 Å². The van der Waals surface area contributed by atoms with E-state index in [9.17, 15) is 0 Å². The SMILES string of the molecule is CSC1CC(SC)C(C)C(C)C1C. The summed E-state index contributed by atoms with van der Waals surface area (Å²) in [4.78, 5) is 0. The number of hydrogen-bond donors (Lipinski definition) is 0. The minimum atomic E-state index is 0.892. The van der Waals surface area contributed by atoms with Crippen molar-refractivity contribution in [1.82, 2.24) is 0 Å². The van der Waals surface area contributed by atoms with Gasteiger partial charge in [-0.15, -0.1) is 0 Å². The highest BCUT2D eigenvalue weighted by Gasteiger charge is 2.37. The molecule has 4 unspecified atom stereocenters. The molecule has 1 saturated carbocycles. The summed E-state index contributed by atoms with van der Waals surface area (Å²) in [6, 6.07) is 0. The minimum Gasteiger partial charge on any atom is -0.162 e. The highest BCUT2D eigenvalue weighted by atomic mass is 32.2. The van der Waals surface area contributed by atoms with Gasteiger partial charge in [0.15, 0.2) is 0 Å². The summed E-state index contributed by atoms with van der Waals surface area (Å²) >= 11 is 4.13. The van der Waals surface area contributed by atoms with Gasteiger partial charge < -0.3 is 0 Å². The van der Waals surface area contributed by atoms with E-state index in [-0.39, 0.29) is 0 Å². The Bertz CT molecular complexity index is 138. The largest absolute Gasteiger partial charge is 0.162 e. The number of rotatable bonds is 2. The molecule has 0 aromatic carbocycles. The molecular weight excluding hydrogens is 196 g/mol. The van der Waals surface area contributed by atoms with Crippen molar-refractivity contribution in [3.63, 3.8) is 0 Å². The van der Waals surface area contributed by atoms with Crippen LogP contribution < -0.4 is 0 Å². The third-order valence-electron chi connectivity index (χ3n) is 3.90. The normalized spacial score (nSPS) is 46.4. The van der Waals surface area contributed by atoms with Crippen molar-refractivity contribution in [2.45, 2.75) is 37.7 Å².